The highest BCUT2D eigenvalue weighted by Crippen LogP contribution is 2.37. The molecule has 2 aromatic rings. The van der Waals surface area contributed by atoms with Crippen LogP contribution in [-0.4, -0.2) is 46.4 Å². The van der Waals surface area contributed by atoms with Gasteiger partial charge in [-0.15, -0.1) is 0 Å². The van der Waals surface area contributed by atoms with E-state index in [1.807, 2.05) is 19.9 Å². The van der Waals surface area contributed by atoms with Gasteiger partial charge in [0.15, 0.2) is 17.6 Å². The van der Waals surface area contributed by atoms with Crippen LogP contribution >= 0.6 is 11.6 Å². The molecule has 2 aromatic carbocycles. The molecule has 1 heterocycles. The number of halogens is 1. The second kappa shape index (κ2) is 9.65. The Balaban J connectivity index is 1.74. The summed E-state index contributed by atoms with van der Waals surface area (Å²) >= 11 is 6.00. The van der Waals surface area contributed by atoms with E-state index in [1.54, 1.807) is 24.3 Å². The Morgan fingerprint density at radius 3 is 2.55 bits per heavy atom. The first-order valence-corrected chi connectivity index (χ1v) is 12.1. The lowest BCUT2D eigenvalue weighted by Crippen LogP contribution is -2.50. The average molecular weight is 469 g/mol. The molecule has 0 saturated carbocycles. The fraction of sp³-hybridized carbons (Fsp3) is 0.381. The van der Waals surface area contributed by atoms with Gasteiger partial charge >= 0.3 is 0 Å². The summed E-state index contributed by atoms with van der Waals surface area (Å²) in [5.74, 6) is 1.08. The van der Waals surface area contributed by atoms with E-state index in [1.165, 1.54) is 6.07 Å². The van der Waals surface area contributed by atoms with Crippen molar-refractivity contribution in [1.29, 1.82) is 0 Å². The smallest absolute Gasteiger partial charge is 0.263 e. The zero-order valence-corrected chi connectivity index (χ0v) is 19.1. The molecule has 0 saturated heterocycles. The molecule has 1 aliphatic rings. The molecule has 10 heteroatoms. The third-order valence-electron chi connectivity index (χ3n) is 4.56. The summed E-state index contributed by atoms with van der Waals surface area (Å²) in [4.78, 5) is 12.8. The molecule has 8 nitrogen and oxygen atoms in total. The van der Waals surface area contributed by atoms with Gasteiger partial charge in [-0.05, 0) is 49.7 Å². The molecule has 3 rings (SSSR count). The maximum atomic E-state index is 12.8. The van der Waals surface area contributed by atoms with Crippen molar-refractivity contribution < 1.29 is 27.4 Å². The summed E-state index contributed by atoms with van der Waals surface area (Å²) < 4.78 is 42.6. The minimum atomic E-state index is -3.63. The van der Waals surface area contributed by atoms with Gasteiger partial charge in [0.05, 0.1) is 31.7 Å². The van der Waals surface area contributed by atoms with Gasteiger partial charge in [0.2, 0.25) is 10.0 Å². The van der Waals surface area contributed by atoms with Crippen LogP contribution in [0.25, 0.3) is 0 Å². The van der Waals surface area contributed by atoms with Crippen molar-refractivity contribution in [1.82, 2.24) is 5.32 Å². The molecule has 0 unspecified atom stereocenters. The van der Waals surface area contributed by atoms with Crippen molar-refractivity contribution in [2.45, 2.75) is 26.5 Å². The van der Waals surface area contributed by atoms with Gasteiger partial charge in [-0.2, -0.15) is 0 Å². The highest BCUT2D eigenvalue weighted by molar-refractivity contribution is 7.92. The number of benzene rings is 2. The Hall–Kier alpha value is -2.65. The van der Waals surface area contributed by atoms with Crippen molar-refractivity contribution in [3.63, 3.8) is 0 Å². The molecule has 168 valence electrons. The first kappa shape index (κ1) is 23.0. The lowest BCUT2D eigenvalue weighted by atomic mass is 10.2. The van der Waals surface area contributed by atoms with Gasteiger partial charge in [0.25, 0.3) is 5.91 Å². The predicted octanol–water partition coefficient (Wildman–Crippen LogP) is 2.98. The van der Waals surface area contributed by atoms with Crippen LogP contribution in [0.2, 0.25) is 5.02 Å². The monoisotopic (exact) mass is 468 g/mol. The molecule has 1 amide bonds. The molecule has 0 spiro atoms. The van der Waals surface area contributed by atoms with Crippen molar-refractivity contribution >= 4 is 33.2 Å². The molecule has 0 aliphatic carbocycles. The van der Waals surface area contributed by atoms with Gasteiger partial charge in [0, 0.05) is 11.6 Å². The maximum Gasteiger partial charge on any atom is 0.263 e. The van der Waals surface area contributed by atoms with Gasteiger partial charge in [-0.1, -0.05) is 17.7 Å². The quantitative estimate of drug-likeness (QED) is 0.640. The summed E-state index contributed by atoms with van der Waals surface area (Å²) in [6.07, 6.45) is 0.0742. The van der Waals surface area contributed by atoms with Crippen LogP contribution in [0, 0.1) is 0 Å². The molecule has 0 fully saturated rings. The van der Waals surface area contributed by atoms with E-state index >= 15 is 0 Å². The van der Waals surface area contributed by atoms with Crippen LogP contribution in [0.3, 0.4) is 0 Å². The number of hydrogen-bond acceptors (Lipinski definition) is 6. The third kappa shape index (κ3) is 5.54. The van der Waals surface area contributed by atoms with E-state index in [4.69, 9.17) is 25.8 Å². The minimum absolute atomic E-state index is 0.147. The second-order valence-corrected chi connectivity index (χ2v) is 9.22. The SMILES string of the molecule is CCOc1ccc(CNC(=O)[C@H]2CN(S(C)(=O)=O)c3cc(Cl)ccc3O2)cc1OCC. The Labute approximate surface area is 187 Å². The predicted molar refractivity (Wildman–Crippen MR) is 119 cm³/mol. The largest absolute Gasteiger partial charge is 0.490 e. The van der Waals surface area contributed by atoms with Crippen LogP contribution in [0.4, 0.5) is 5.69 Å². The molecule has 1 atom stereocenters. The van der Waals surface area contributed by atoms with Gasteiger partial charge in [-0.25, -0.2) is 8.42 Å². The molecular weight excluding hydrogens is 444 g/mol. The van der Waals surface area contributed by atoms with E-state index in [-0.39, 0.29) is 18.8 Å². The third-order valence-corrected chi connectivity index (χ3v) is 5.94. The van der Waals surface area contributed by atoms with Crippen LogP contribution in [0.5, 0.6) is 17.2 Å². The van der Waals surface area contributed by atoms with Gasteiger partial charge in [0.1, 0.15) is 5.75 Å². The lowest BCUT2D eigenvalue weighted by Gasteiger charge is -2.34. The topological polar surface area (TPSA) is 94.2 Å². The zero-order chi connectivity index (χ0) is 22.6. The molecule has 1 N–H and O–H groups in total. The average Bonchev–Trinajstić information content (AvgIpc) is 2.72. The number of nitrogens with zero attached hydrogens (tertiary/aromatic N) is 1. The Morgan fingerprint density at radius 2 is 1.87 bits per heavy atom. The summed E-state index contributed by atoms with van der Waals surface area (Å²) in [5, 5.41) is 3.17. The first-order valence-electron chi connectivity index (χ1n) is 9.83. The number of anilines is 1. The number of carbonyl (C=O) groups is 1. The number of nitrogens with one attached hydrogen (secondary N) is 1. The lowest BCUT2D eigenvalue weighted by molar-refractivity contribution is -0.127. The summed E-state index contributed by atoms with van der Waals surface area (Å²) in [6, 6.07) is 10.1. The van der Waals surface area contributed by atoms with E-state index in [0.29, 0.717) is 35.4 Å². The number of fused-ring (bicyclic) bond motifs is 1. The number of ether oxygens (including phenoxy) is 3. The van der Waals surface area contributed by atoms with Crippen molar-refractivity contribution in [3.05, 3.63) is 47.0 Å². The molecule has 0 bridgehead atoms. The molecular formula is C21H25ClN2O6S. The van der Waals surface area contributed by atoms with E-state index in [2.05, 4.69) is 5.32 Å². The van der Waals surface area contributed by atoms with Gasteiger partial charge in [-0.3, -0.25) is 9.10 Å². The molecule has 0 aromatic heterocycles. The number of sulfonamides is 1. The number of hydrogen-bond donors (Lipinski definition) is 1. The van der Waals surface area contributed by atoms with Crippen LogP contribution in [0.15, 0.2) is 36.4 Å². The van der Waals surface area contributed by atoms with E-state index in [9.17, 15) is 13.2 Å². The minimum Gasteiger partial charge on any atom is -0.490 e. The number of rotatable bonds is 8. The normalized spacial score (nSPS) is 15.6. The second-order valence-electron chi connectivity index (χ2n) is 6.88. The van der Waals surface area contributed by atoms with Crippen LogP contribution in [0.1, 0.15) is 19.4 Å². The standard InChI is InChI=1S/C21H25ClN2O6S/c1-4-28-18-8-6-14(10-19(18)29-5-2)12-23-21(25)20-13-24(31(3,26)27)16-11-15(22)7-9-17(16)30-20/h6-11,20H,4-5,12-13H2,1-3H3,(H,23,25)/t20-/m1/s1. The number of amides is 1. The summed E-state index contributed by atoms with van der Waals surface area (Å²) in [7, 11) is -3.63. The number of carbonyl (C=O) groups excluding carboxylic acids is 1. The molecule has 0 radical (unpaired) electrons. The summed E-state index contributed by atoms with van der Waals surface area (Å²) in [6.45, 7) is 4.83. The first-order chi connectivity index (χ1) is 14.7. The Kier molecular flexibility index (Phi) is 7.17. The molecule has 31 heavy (non-hydrogen) atoms. The fourth-order valence-electron chi connectivity index (χ4n) is 3.18. The maximum absolute atomic E-state index is 12.8. The van der Waals surface area contributed by atoms with Crippen molar-refractivity contribution in [2.75, 3.05) is 30.3 Å². The van der Waals surface area contributed by atoms with Crippen molar-refractivity contribution in [2.24, 2.45) is 0 Å². The highest BCUT2D eigenvalue weighted by atomic mass is 35.5. The van der Waals surface area contributed by atoms with Gasteiger partial charge < -0.3 is 19.5 Å². The Morgan fingerprint density at radius 1 is 1.16 bits per heavy atom. The molecule has 1 aliphatic heterocycles. The fourth-order valence-corrected chi connectivity index (χ4v) is 4.26. The Bertz CT molecular complexity index is 1060. The zero-order valence-electron chi connectivity index (χ0n) is 17.6. The highest BCUT2D eigenvalue weighted by Gasteiger charge is 2.35. The van der Waals surface area contributed by atoms with E-state index < -0.39 is 22.0 Å². The van der Waals surface area contributed by atoms with Crippen LogP contribution < -0.4 is 23.8 Å². The van der Waals surface area contributed by atoms with Crippen LogP contribution in [-0.2, 0) is 21.4 Å². The van der Waals surface area contributed by atoms with E-state index in [0.717, 1.165) is 16.1 Å². The summed E-state index contributed by atoms with van der Waals surface area (Å²) in [5.41, 5.74) is 1.12. The van der Waals surface area contributed by atoms with Crippen molar-refractivity contribution in [3.8, 4) is 17.2 Å².